The molecule has 0 saturated heterocycles. The molecule has 1 N–H and O–H groups in total. The fraction of sp³-hybridized carbons (Fsp3) is 0.500. The molecule has 78 valence electrons. The standard InChI is InChI=1S/C10H15ClN2O/c1-12-10(7-14-2)5-9-4-3-8(11)6-13-9/h3-4,6,10,12H,5,7H2,1-2H3. The molecule has 0 aliphatic rings. The van der Waals surface area contributed by atoms with Crippen LogP contribution in [-0.4, -0.2) is 31.8 Å². The lowest BCUT2D eigenvalue weighted by Gasteiger charge is -2.14. The zero-order chi connectivity index (χ0) is 10.4. The molecule has 1 aromatic rings. The van der Waals surface area contributed by atoms with Gasteiger partial charge in [-0.25, -0.2) is 0 Å². The quantitative estimate of drug-likeness (QED) is 0.807. The molecule has 1 aromatic heterocycles. The van der Waals surface area contributed by atoms with Crippen LogP contribution in [0.5, 0.6) is 0 Å². The number of nitrogens with one attached hydrogen (secondary N) is 1. The van der Waals surface area contributed by atoms with E-state index in [1.807, 2.05) is 19.2 Å². The van der Waals surface area contributed by atoms with Crippen LogP contribution in [0.2, 0.25) is 5.02 Å². The van der Waals surface area contributed by atoms with E-state index in [4.69, 9.17) is 16.3 Å². The van der Waals surface area contributed by atoms with Gasteiger partial charge in [0.2, 0.25) is 0 Å². The highest BCUT2D eigenvalue weighted by Crippen LogP contribution is 2.07. The van der Waals surface area contributed by atoms with Gasteiger partial charge in [-0.05, 0) is 19.2 Å². The molecule has 0 aromatic carbocycles. The summed E-state index contributed by atoms with van der Waals surface area (Å²) in [4.78, 5) is 4.22. The highest BCUT2D eigenvalue weighted by molar-refractivity contribution is 6.30. The van der Waals surface area contributed by atoms with E-state index in [0.29, 0.717) is 17.7 Å². The Morgan fingerprint density at radius 3 is 2.86 bits per heavy atom. The van der Waals surface area contributed by atoms with Crippen LogP contribution in [0.15, 0.2) is 18.3 Å². The third-order valence-corrected chi connectivity index (χ3v) is 2.24. The van der Waals surface area contributed by atoms with Crippen molar-refractivity contribution in [1.29, 1.82) is 0 Å². The smallest absolute Gasteiger partial charge is 0.0619 e. The van der Waals surface area contributed by atoms with Crippen molar-refractivity contribution in [2.75, 3.05) is 20.8 Å². The summed E-state index contributed by atoms with van der Waals surface area (Å²) in [5.74, 6) is 0. The lowest BCUT2D eigenvalue weighted by atomic mass is 10.1. The second kappa shape index (κ2) is 5.96. The van der Waals surface area contributed by atoms with Crippen LogP contribution in [0.1, 0.15) is 5.69 Å². The first-order valence-corrected chi connectivity index (χ1v) is 4.90. The average molecular weight is 215 g/mol. The van der Waals surface area contributed by atoms with Crippen LogP contribution in [0, 0.1) is 0 Å². The Balaban J connectivity index is 2.53. The molecule has 14 heavy (non-hydrogen) atoms. The van der Waals surface area contributed by atoms with Crippen LogP contribution >= 0.6 is 11.6 Å². The predicted octanol–water partition coefficient (Wildman–Crippen LogP) is 1.51. The minimum atomic E-state index is 0.300. The Kier molecular flexibility index (Phi) is 4.87. The molecule has 0 aliphatic heterocycles. The van der Waals surface area contributed by atoms with Gasteiger partial charge in [0, 0.05) is 31.5 Å². The predicted molar refractivity (Wildman–Crippen MR) is 57.7 cm³/mol. The molecule has 0 aliphatic carbocycles. The number of halogens is 1. The number of likely N-dealkylation sites (N-methyl/N-ethyl adjacent to an activating group) is 1. The maximum absolute atomic E-state index is 5.74. The molecule has 4 heteroatoms. The topological polar surface area (TPSA) is 34.1 Å². The van der Waals surface area contributed by atoms with Crippen molar-refractivity contribution in [3.63, 3.8) is 0 Å². The number of pyridine rings is 1. The van der Waals surface area contributed by atoms with Crippen molar-refractivity contribution in [1.82, 2.24) is 10.3 Å². The SMILES string of the molecule is CNC(COC)Cc1ccc(Cl)cn1. The van der Waals surface area contributed by atoms with Gasteiger partial charge in [0.05, 0.1) is 11.6 Å². The fourth-order valence-corrected chi connectivity index (χ4v) is 1.34. The van der Waals surface area contributed by atoms with Crippen molar-refractivity contribution in [3.05, 3.63) is 29.0 Å². The molecule has 1 rings (SSSR count). The fourth-order valence-electron chi connectivity index (χ4n) is 1.23. The number of nitrogens with zero attached hydrogens (tertiary/aromatic N) is 1. The zero-order valence-electron chi connectivity index (χ0n) is 8.46. The van der Waals surface area contributed by atoms with Crippen molar-refractivity contribution in [2.24, 2.45) is 0 Å². The molecular formula is C10H15ClN2O. The Morgan fingerprint density at radius 1 is 1.57 bits per heavy atom. The molecule has 0 amide bonds. The van der Waals surface area contributed by atoms with E-state index in [1.165, 1.54) is 0 Å². The molecule has 1 heterocycles. The molecule has 0 saturated carbocycles. The van der Waals surface area contributed by atoms with E-state index >= 15 is 0 Å². The second-order valence-corrected chi connectivity index (χ2v) is 3.55. The molecule has 0 spiro atoms. The Labute approximate surface area is 89.4 Å². The van der Waals surface area contributed by atoms with E-state index in [-0.39, 0.29) is 0 Å². The number of rotatable bonds is 5. The number of methoxy groups -OCH3 is 1. The summed E-state index contributed by atoms with van der Waals surface area (Å²) in [6.45, 7) is 0.681. The van der Waals surface area contributed by atoms with E-state index < -0.39 is 0 Å². The average Bonchev–Trinajstić information content (AvgIpc) is 2.20. The molecule has 1 unspecified atom stereocenters. The van der Waals surface area contributed by atoms with Crippen molar-refractivity contribution in [3.8, 4) is 0 Å². The van der Waals surface area contributed by atoms with Crippen LogP contribution < -0.4 is 5.32 Å². The summed E-state index contributed by atoms with van der Waals surface area (Å²) < 4.78 is 5.07. The van der Waals surface area contributed by atoms with Crippen LogP contribution in [0.4, 0.5) is 0 Å². The minimum absolute atomic E-state index is 0.300. The van der Waals surface area contributed by atoms with Crippen molar-refractivity contribution in [2.45, 2.75) is 12.5 Å². The highest BCUT2D eigenvalue weighted by Gasteiger charge is 2.07. The molecular weight excluding hydrogens is 200 g/mol. The van der Waals surface area contributed by atoms with Gasteiger partial charge in [-0.1, -0.05) is 11.6 Å². The van der Waals surface area contributed by atoms with E-state index in [2.05, 4.69) is 10.3 Å². The molecule has 0 fully saturated rings. The van der Waals surface area contributed by atoms with Gasteiger partial charge >= 0.3 is 0 Å². The number of hydrogen-bond donors (Lipinski definition) is 1. The van der Waals surface area contributed by atoms with E-state index in [9.17, 15) is 0 Å². The number of hydrogen-bond acceptors (Lipinski definition) is 3. The summed E-state index contributed by atoms with van der Waals surface area (Å²) >= 11 is 5.74. The van der Waals surface area contributed by atoms with Crippen LogP contribution in [-0.2, 0) is 11.2 Å². The Morgan fingerprint density at radius 2 is 2.36 bits per heavy atom. The summed E-state index contributed by atoms with van der Waals surface area (Å²) in [5.41, 5.74) is 1.02. The van der Waals surface area contributed by atoms with Gasteiger partial charge in [-0.15, -0.1) is 0 Å². The molecule has 3 nitrogen and oxygen atoms in total. The molecule has 0 radical (unpaired) electrons. The first kappa shape index (κ1) is 11.4. The van der Waals surface area contributed by atoms with Gasteiger partial charge in [0.25, 0.3) is 0 Å². The molecule has 0 bridgehead atoms. The van der Waals surface area contributed by atoms with Gasteiger partial charge in [-0.3, -0.25) is 4.98 Å². The largest absolute Gasteiger partial charge is 0.383 e. The third kappa shape index (κ3) is 3.62. The summed E-state index contributed by atoms with van der Waals surface area (Å²) in [6.07, 6.45) is 2.51. The third-order valence-electron chi connectivity index (χ3n) is 2.02. The lowest BCUT2D eigenvalue weighted by Crippen LogP contribution is -2.32. The maximum Gasteiger partial charge on any atom is 0.0619 e. The zero-order valence-corrected chi connectivity index (χ0v) is 9.21. The van der Waals surface area contributed by atoms with Gasteiger partial charge in [-0.2, -0.15) is 0 Å². The Hall–Kier alpha value is -0.640. The lowest BCUT2D eigenvalue weighted by molar-refractivity contribution is 0.169. The minimum Gasteiger partial charge on any atom is -0.383 e. The van der Waals surface area contributed by atoms with E-state index in [0.717, 1.165) is 12.1 Å². The van der Waals surface area contributed by atoms with Crippen LogP contribution in [0.3, 0.4) is 0 Å². The summed E-state index contributed by atoms with van der Waals surface area (Å²) in [5, 5.41) is 3.84. The maximum atomic E-state index is 5.74. The first-order valence-electron chi connectivity index (χ1n) is 4.53. The van der Waals surface area contributed by atoms with Gasteiger partial charge in [0.1, 0.15) is 0 Å². The van der Waals surface area contributed by atoms with E-state index in [1.54, 1.807) is 13.3 Å². The van der Waals surface area contributed by atoms with Gasteiger partial charge < -0.3 is 10.1 Å². The van der Waals surface area contributed by atoms with Crippen LogP contribution in [0.25, 0.3) is 0 Å². The second-order valence-electron chi connectivity index (χ2n) is 3.11. The number of aromatic nitrogens is 1. The first-order chi connectivity index (χ1) is 6.76. The normalized spacial score (nSPS) is 12.8. The Bertz CT molecular complexity index is 263. The molecule has 1 atom stereocenters. The van der Waals surface area contributed by atoms with Crippen molar-refractivity contribution < 1.29 is 4.74 Å². The summed E-state index contributed by atoms with van der Waals surface area (Å²) in [7, 11) is 3.61. The highest BCUT2D eigenvalue weighted by atomic mass is 35.5. The monoisotopic (exact) mass is 214 g/mol. The van der Waals surface area contributed by atoms with Crippen molar-refractivity contribution >= 4 is 11.6 Å². The van der Waals surface area contributed by atoms with Gasteiger partial charge in [0.15, 0.2) is 0 Å². The number of ether oxygens (including phenoxy) is 1. The summed E-state index contributed by atoms with van der Waals surface area (Å²) in [6, 6.07) is 4.08.